The van der Waals surface area contributed by atoms with Crippen LogP contribution < -0.4 is 0 Å². The highest BCUT2D eigenvalue weighted by molar-refractivity contribution is 7.54. The quantitative estimate of drug-likeness (QED) is 0.567. The van der Waals surface area contributed by atoms with Crippen LogP contribution in [0.15, 0.2) is 30.3 Å². The summed E-state index contributed by atoms with van der Waals surface area (Å²) in [4.78, 5) is 12.0. The van der Waals surface area contributed by atoms with Gasteiger partial charge >= 0.3 is 13.6 Å². The van der Waals surface area contributed by atoms with Crippen molar-refractivity contribution in [2.75, 3.05) is 14.2 Å². The van der Waals surface area contributed by atoms with Crippen molar-refractivity contribution in [2.45, 2.75) is 25.6 Å². The van der Waals surface area contributed by atoms with Crippen molar-refractivity contribution < 1.29 is 23.1 Å². The number of ether oxygens (including phenoxy) is 1. The highest BCUT2D eigenvalue weighted by Gasteiger charge is 2.36. The molecule has 1 atom stereocenters. The maximum Gasteiger partial charge on any atom is 0.370 e. The lowest BCUT2D eigenvalue weighted by molar-refractivity contribution is 0.0369. The number of rotatable bonds is 7. The molecule has 0 N–H and O–H groups in total. The lowest BCUT2D eigenvalue weighted by atomic mass is 10.2. The van der Waals surface area contributed by atoms with Gasteiger partial charge in [-0.15, -0.1) is 0 Å². The molecule has 0 aliphatic carbocycles. The molecule has 0 bridgehead atoms. The lowest BCUT2D eigenvalue weighted by Gasteiger charge is -2.23. The lowest BCUT2D eigenvalue weighted by Crippen LogP contribution is -2.20. The third kappa shape index (κ3) is 4.16. The zero-order valence-corrected chi connectivity index (χ0v) is 12.3. The highest BCUT2D eigenvalue weighted by Crippen LogP contribution is 2.53. The molecule has 5 nitrogen and oxygen atoms in total. The second kappa shape index (κ2) is 7.43. The molecule has 19 heavy (non-hydrogen) atoms. The first-order valence-electron chi connectivity index (χ1n) is 6.04. The van der Waals surface area contributed by atoms with Crippen molar-refractivity contribution in [1.82, 2.24) is 0 Å². The van der Waals surface area contributed by atoms with E-state index in [-0.39, 0.29) is 0 Å². The Morgan fingerprint density at radius 2 is 1.79 bits per heavy atom. The van der Waals surface area contributed by atoms with Crippen LogP contribution in [0.1, 0.15) is 30.1 Å². The molecule has 0 amide bonds. The van der Waals surface area contributed by atoms with Crippen LogP contribution in [0.4, 0.5) is 0 Å². The molecule has 0 heterocycles. The van der Waals surface area contributed by atoms with Crippen LogP contribution in [0.5, 0.6) is 0 Å². The van der Waals surface area contributed by atoms with Gasteiger partial charge in [-0.1, -0.05) is 31.5 Å². The molecular weight excluding hydrogens is 267 g/mol. The zero-order valence-electron chi connectivity index (χ0n) is 11.4. The number of esters is 1. The van der Waals surface area contributed by atoms with Crippen LogP contribution in [-0.2, 0) is 18.3 Å². The largest absolute Gasteiger partial charge is 0.446 e. The standard InChI is InChI=1S/C13H19O5P/c1-4-8-12(19(15,16-2)17-3)18-13(14)11-9-6-5-7-10-11/h5-7,9-10,12H,4,8H2,1-3H3. The summed E-state index contributed by atoms with van der Waals surface area (Å²) in [6.45, 7) is 1.90. The molecule has 0 saturated carbocycles. The Morgan fingerprint density at radius 1 is 1.21 bits per heavy atom. The average Bonchev–Trinajstić information content (AvgIpc) is 2.46. The van der Waals surface area contributed by atoms with E-state index in [9.17, 15) is 9.36 Å². The van der Waals surface area contributed by atoms with Crippen molar-refractivity contribution in [1.29, 1.82) is 0 Å². The van der Waals surface area contributed by atoms with E-state index in [1.165, 1.54) is 14.2 Å². The average molecular weight is 286 g/mol. The van der Waals surface area contributed by atoms with Gasteiger partial charge in [0.2, 0.25) is 5.85 Å². The summed E-state index contributed by atoms with van der Waals surface area (Å²) in [6, 6.07) is 8.54. The first kappa shape index (κ1) is 15.9. The van der Waals surface area contributed by atoms with Crippen molar-refractivity contribution in [2.24, 2.45) is 0 Å². The number of benzene rings is 1. The molecule has 0 aliphatic heterocycles. The fourth-order valence-corrected chi connectivity index (χ4v) is 3.02. The molecule has 1 aromatic rings. The predicted molar refractivity (Wildman–Crippen MR) is 72.2 cm³/mol. The van der Waals surface area contributed by atoms with E-state index in [2.05, 4.69) is 0 Å². The molecule has 106 valence electrons. The second-order valence-corrected chi connectivity index (χ2v) is 6.31. The summed E-state index contributed by atoms with van der Waals surface area (Å²) in [5, 5.41) is 0. The minimum atomic E-state index is -3.43. The molecule has 0 fully saturated rings. The van der Waals surface area contributed by atoms with Gasteiger partial charge in [-0.3, -0.25) is 4.57 Å². The summed E-state index contributed by atoms with van der Waals surface area (Å²) in [7, 11) is -0.863. The maximum absolute atomic E-state index is 12.3. The normalized spacial score (nSPS) is 13.0. The van der Waals surface area contributed by atoms with E-state index in [1.807, 2.05) is 6.92 Å². The third-order valence-electron chi connectivity index (χ3n) is 2.65. The van der Waals surface area contributed by atoms with Gasteiger partial charge in [0.05, 0.1) is 5.56 Å². The second-order valence-electron chi connectivity index (χ2n) is 3.92. The van der Waals surface area contributed by atoms with Crippen molar-refractivity contribution in [3.05, 3.63) is 35.9 Å². The Bertz CT molecular complexity index is 438. The van der Waals surface area contributed by atoms with E-state index in [0.717, 1.165) is 0 Å². The Hall–Kier alpha value is -1.16. The van der Waals surface area contributed by atoms with Crippen LogP contribution >= 0.6 is 7.60 Å². The van der Waals surface area contributed by atoms with E-state index in [0.29, 0.717) is 18.4 Å². The van der Waals surface area contributed by atoms with Gasteiger partial charge in [-0.2, -0.15) is 0 Å². The van der Waals surface area contributed by atoms with Crippen LogP contribution in [-0.4, -0.2) is 26.0 Å². The number of hydrogen-bond acceptors (Lipinski definition) is 5. The first-order chi connectivity index (χ1) is 9.07. The maximum atomic E-state index is 12.3. The van der Waals surface area contributed by atoms with E-state index < -0.39 is 19.4 Å². The highest BCUT2D eigenvalue weighted by atomic mass is 31.2. The number of carbonyl (C=O) groups is 1. The van der Waals surface area contributed by atoms with Crippen molar-refractivity contribution in [3.63, 3.8) is 0 Å². The van der Waals surface area contributed by atoms with E-state index in [1.54, 1.807) is 30.3 Å². The monoisotopic (exact) mass is 286 g/mol. The van der Waals surface area contributed by atoms with Crippen LogP contribution in [0, 0.1) is 0 Å². The first-order valence-corrected chi connectivity index (χ1v) is 7.65. The minimum Gasteiger partial charge on any atom is -0.446 e. The van der Waals surface area contributed by atoms with Gasteiger partial charge in [0, 0.05) is 14.2 Å². The summed E-state index contributed by atoms with van der Waals surface area (Å²) in [6.07, 6.45) is 1.11. The molecule has 0 saturated heterocycles. The molecule has 0 radical (unpaired) electrons. The summed E-state index contributed by atoms with van der Waals surface area (Å²) in [5.74, 6) is -1.42. The Labute approximate surface area is 113 Å². The van der Waals surface area contributed by atoms with Gasteiger partial charge in [-0.05, 0) is 18.6 Å². The summed E-state index contributed by atoms with van der Waals surface area (Å²) >= 11 is 0. The molecule has 1 rings (SSSR count). The smallest absolute Gasteiger partial charge is 0.370 e. The summed E-state index contributed by atoms with van der Waals surface area (Å²) < 4.78 is 27.3. The SMILES string of the molecule is CCCC(OC(=O)c1ccccc1)P(=O)(OC)OC. The third-order valence-corrected chi connectivity index (χ3v) is 4.74. The van der Waals surface area contributed by atoms with E-state index in [4.69, 9.17) is 13.8 Å². The Kier molecular flexibility index (Phi) is 6.22. The van der Waals surface area contributed by atoms with Gasteiger partial charge in [0.25, 0.3) is 0 Å². The van der Waals surface area contributed by atoms with Crippen LogP contribution in [0.3, 0.4) is 0 Å². The number of hydrogen-bond donors (Lipinski definition) is 0. The zero-order chi connectivity index (χ0) is 14.3. The van der Waals surface area contributed by atoms with Gasteiger partial charge in [-0.25, -0.2) is 4.79 Å². The Balaban J connectivity index is 2.85. The van der Waals surface area contributed by atoms with Crippen molar-refractivity contribution >= 4 is 13.6 Å². The summed E-state index contributed by atoms with van der Waals surface area (Å²) in [5.41, 5.74) is 0.405. The molecule has 1 unspecified atom stereocenters. The fourth-order valence-electron chi connectivity index (χ4n) is 1.60. The Morgan fingerprint density at radius 3 is 2.26 bits per heavy atom. The topological polar surface area (TPSA) is 61.8 Å². The molecule has 1 aromatic carbocycles. The molecular formula is C13H19O5P. The molecule has 0 aromatic heterocycles. The van der Waals surface area contributed by atoms with Crippen LogP contribution in [0.25, 0.3) is 0 Å². The predicted octanol–water partition coefficient (Wildman–Crippen LogP) is 3.46. The number of carbonyl (C=O) groups excluding carboxylic acids is 1. The van der Waals surface area contributed by atoms with Crippen molar-refractivity contribution in [3.8, 4) is 0 Å². The van der Waals surface area contributed by atoms with Crippen LogP contribution in [0.2, 0.25) is 0 Å². The fraction of sp³-hybridized carbons (Fsp3) is 0.462. The van der Waals surface area contributed by atoms with Gasteiger partial charge in [0.15, 0.2) is 0 Å². The van der Waals surface area contributed by atoms with Gasteiger partial charge in [0.1, 0.15) is 0 Å². The van der Waals surface area contributed by atoms with Gasteiger partial charge < -0.3 is 13.8 Å². The molecule has 6 heteroatoms. The van der Waals surface area contributed by atoms with E-state index >= 15 is 0 Å². The molecule has 0 spiro atoms. The minimum absolute atomic E-state index is 0.405. The molecule has 0 aliphatic rings.